The lowest BCUT2D eigenvalue weighted by Gasteiger charge is -2.21. The molecular weight excluding hydrogens is 316 g/mol. The predicted molar refractivity (Wildman–Crippen MR) is 85.9 cm³/mol. The molecule has 0 saturated heterocycles. The highest BCUT2D eigenvalue weighted by Gasteiger charge is 2.14. The van der Waals surface area contributed by atoms with Crippen LogP contribution in [0.2, 0.25) is 0 Å². The maximum absolute atomic E-state index is 13.5. The Labute approximate surface area is 139 Å². The molecule has 0 N–H and O–H groups in total. The van der Waals surface area contributed by atoms with Crippen molar-refractivity contribution in [2.75, 3.05) is 20.3 Å². The second kappa shape index (κ2) is 8.29. The highest BCUT2D eigenvalue weighted by Crippen LogP contribution is 2.18. The number of amides is 1. The van der Waals surface area contributed by atoms with Gasteiger partial charge in [-0.3, -0.25) is 4.79 Å². The summed E-state index contributed by atoms with van der Waals surface area (Å²) in [5, 5.41) is 0. The third-order valence-electron chi connectivity index (χ3n) is 3.51. The van der Waals surface area contributed by atoms with Crippen molar-refractivity contribution in [3.8, 4) is 11.5 Å². The van der Waals surface area contributed by atoms with Crippen LogP contribution in [-0.4, -0.2) is 31.1 Å². The van der Waals surface area contributed by atoms with Crippen LogP contribution >= 0.6 is 0 Å². The van der Waals surface area contributed by atoms with E-state index in [9.17, 15) is 13.6 Å². The van der Waals surface area contributed by atoms with Crippen LogP contribution in [0.3, 0.4) is 0 Å². The lowest BCUT2D eigenvalue weighted by atomic mass is 10.2. The zero-order valence-corrected chi connectivity index (χ0v) is 13.6. The molecule has 0 aliphatic heterocycles. The van der Waals surface area contributed by atoms with E-state index in [1.54, 1.807) is 12.0 Å². The Hall–Kier alpha value is -2.63. The zero-order valence-electron chi connectivity index (χ0n) is 13.6. The summed E-state index contributed by atoms with van der Waals surface area (Å²) in [6.07, 6.45) is 0. The Morgan fingerprint density at radius 3 is 2.42 bits per heavy atom. The molecule has 128 valence electrons. The van der Waals surface area contributed by atoms with E-state index in [0.717, 1.165) is 29.5 Å². The van der Waals surface area contributed by atoms with Gasteiger partial charge < -0.3 is 14.4 Å². The van der Waals surface area contributed by atoms with E-state index in [1.165, 1.54) is 0 Å². The van der Waals surface area contributed by atoms with Gasteiger partial charge in [-0.15, -0.1) is 0 Å². The zero-order chi connectivity index (χ0) is 17.5. The lowest BCUT2D eigenvalue weighted by Crippen LogP contribution is -2.34. The first-order valence-corrected chi connectivity index (χ1v) is 7.52. The maximum Gasteiger partial charge on any atom is 0.260 e. The van der Waals surface area contributed by atoms with E-state index < -0.39 is 11.6 Å². The lowest BCUT2D eigenvalue weighted by molar-refractivity contribution is -0.133. The van der Waals surface area contributed by atoms with Crippen LogP contribution in [0.5, 0.6) is 11.5 Å². The van der Waals surface area contributed by atoms with Gasteiger partial charge in [0.05, 0.1) is 7.11 Å². The molecule has 0 aromatic heterocycles. The highest BCUT2D eigenvalue weighted by molar-refractivity contribution is 5.77. The molecule has 0 saturated carbocycles. The summed E-state index contributed by atoms with van der Waals surface area (Å²) in [5.41, 5.74) is 0.943. The van der Waals surface area contributed by atoms with E-state index in [0.29, 0.717) is 13.1 Å². The second-order valence-electron chi connectivity index (χ2n) is 5.12. The number of benzene rings is 2. The standard InChI is InChI=1S/C18H19F2NO3/c1-3-21(11-13-4-7-15(23-2)8-5-13)18(22)12-24-17-9-6-14(19)10-16(17)20/h4-10H,3,11-12H2,1-2H3. The van der Waals surface area contributed by atoms with Crippen LogP contribution < -0.4 is 9.47 Å². The number of rotatable bonds is 7. The molecule has 0 spiro atoms. The summed E-state index contributed by atoms with van der Waals surface area (Å²) in [4.78, 5) is 13.8. The van der Waals surface area contributed by atoms with Gasteiger partial charge in [0.1, 0.15) is 11.6 Å². The largest absolute Gasteiger partial charge is 0.497 e. The quantitative estimate of drug-likeness (QED) is 0.778. The number of halogens is 2. The fraction of sp³-hybridized carbons (Fsp3) is 0.278. The number of likely N-dealkylation sites (N-methyl/N-ethyl adjacent to an activating group) is 1. The molecule has 24 heavy (non-hydrogen) atoms. The van der Waals surface area contributed by atoms with Crippen molar-refractivity contribution in [1.29, 1.82) is 0 Å². The third kappa shape index (κ3) is 4.68. The molecule has 4 nitrogen and oxygen atoms in total. The molecule has 0 bridgehead atoms. The van der Waals surface area contributed by atoms with Crippen molar-refractivity contribution in [1.82, 2.24) is 4.90 Å². The van der Waals surface area contributed by atoms with E-state index >= 15 is 0 Å². The Morgan fingerprint density at radius 2 is 1.83 bits per heavy atom. The molecule has 0 atom stereocenters. The van der Waals surface area contributed by atoms with Crippen molar-refractivity contribution < 1.29 is 23.0 Å². The summed E-state index contributed by atoms with van der Waals surface area (Å²) >= 11 is 0. The Morgan fingerprint density at radius 1 is 1.12 bits per heavy atom. The molecule has 0 fully saturated rings. The van der Waals surface area contributed by atoms with Crippen LogP contribution in [0.15, 0.2) is 42.5 Å². The number of hydrogen-bond acceptors (Lipinski definition) is 3. The normalized spacial score (nSPS) is 10.3. The number of methoxy groups -OCH3 is 1. The first-order chi connectivity index (χ1) is 11.5. The fourth-order valence-electron chi connectivity index (χ4n) is 2.15. The van der Waals surface area contributed by atoms with Gasteiger partial charge in [-0.2, -0.15) is 0 Å². The smallest absolute Gasteiger partial charge is 0.260 e. The minimum absolute atomic E-state index is 0.148. The molecule has 2 aromatic rings. The average molecular weight is 335 g/mol. The molecule has 2 aromatic carbocycles. The van der Waals surface area contributed by atoms with Crippen molar-refractivity contribution in [3.63, 3.8) is 0 Å². The molecule has 0 radical (unpaired) electrons. The van der Waals surface area contributed by atoms with Crippen LogP contribution in [-0.2, 0) is 11.3 Å². The molecule has 0 aliphatic carbocycles. The number of carbonyl (C=O) groups is 1. The van der Waals surface area contributed by atoms with Crippen LogP contribution in [0, 0.1) is 11.6 Å². The van der Waals surface area contributed by atoms with Crippen LogP contribution in [0.1, 0.15) is 12.5 Å². The minimum atomic E-state index is -0.832. The van der Waals surface area contributed by atoms with E-state index in [4.69, 9.17) is 9.47 Å². The second-order valence-corrected chi connectivity index (χ2v) is 5.12. The SMILES string of the molecule is CCN(Cc1ccc(OC)cc1)C(=O)COc1ccc(F)cc1F. The van der Waals surface area contributed by atoms with Crippen LogP contribution in [0.4, 0.5) is 8.78 Å². The molecule has 6 heteroatoms. The summed E-state index contributed by atoms with van der Waals surface area (Å²) in [6.45, 7) is 2.43. The van der Waals surface area contributed by atoms with Gasteiger partial charge >= 0.3 is 0 Å². The van der Waals surface area contributed by atoms with Gasteiger partial charge in [-0.1, -0.05) is 12.1 Å². The Bertz CT molecular complexity index is 689. The van der Waals surface area contributed by atoms with E-state index in [-0.39, 0.29) is 18.3 Å². The molecular formula is C18H19F2NO3. The fourth-order valence-corrected chi connectivity index (χ4v) is 2.15. The topological polar surface area (TPSA) is 38.8 Å². The summed E-state index contributed by atoms with van der Waals surface area (Å²) in [7, 11) is 1.59. The predicted octanol–water partition coefficient (Wildman–Crippen LogP) is 3.40. The minimum Gasteiger partial charge on any atom is -0.497 e. The highest BCUT2D eigenvalue weighted by atomic mass is 19.1. The number of nitrogens with zero attached hydrogens (tertiary/aromatic N) is 1. The van der Waals surface area contributed by atoms with Crippen molar-refractivity contribution in [3.05, 3.63) is 59.7 Å². The Balaban J connectivity index is 1.95. The average Bonchev–Trinajstić information content (AvgIpc) is 2.59. The van der Waals surface area contributed by atoms with E-state index in [2.05, 4.69) is 0 Å². The third-order valence-corrected chi connectivity index (χ3v) is 3.51. The van der Waals surface area contributed by atoms with Crippen molar-refractivity contribution in [2.24, 2.45) is 0 Å². The van der Waals surface area contributed by atoms with Crippen molar-refractivity contribution >= 4 is 5.91 Å². The van der Waals surface area contributed by atoms with Crippen molar-refractivity contribution in [2.45, 2.75) is 13.5 Å². The van der Waals surface area contributed by atoms with Gasteiger partial charge in [-0.05, 0) is 36.8 Å². The molecule has 0 heterocycles. The molecule has 0 aliphatic rings. The first-order valence-electron chi connectivity index (χ1n) is 7.52. The monoisotopic (exact) mass is 335 g/mol. The first kappa shape index (κ1) is 17.7. The summed E-state index contributed by atoms with van der Waals surface area (Å²) in [6, 6.07) is 10.3. The molecule has 2 rings (SSSR count). The molecule has 0 unspecified atom stereocenters. The summed E-state index contributed by atoms with van der Waals surface area (Å²) < 4.78 is 36.6. The van der Waals surface area contributed by atoms with Gasteiger partial charge in [0.2, 0.25) is 0 Å². The summed E-state index contributed by atoms with van der Waals surface area (Å²) in [5.74, 6) is -1.22. The van der Waals surface area contributed by atoms with Gasteiger partial charge in [0.25, 0.3) is 5.91 Å². The van der Waals surface area contributed by atoms with Gasteiger partial charge in [0.15, 0.2) is 18.2 Å². The Kier molecular flexibility index (Phi) is 6.12. The molecule has 1 amide bonds. The number of ether oxygens (including phenoxy) is 2. The van der Waals surface area contributed by atoms with Gasteiger partial charge in [0, 0.05) is 19.2 Å². The maximum atomic E-state index is 13.5. The van der Waals surface area contributed by atoms with Crippen LogP contribution in [0.25, 0.3) is 0 Å². The number of hydrogen-bond donors (Lipinski definition) is 0. The van der Waals surface area contributed by atoms with Gasteiger partial charge in [-0.25, -0.2) is 8.78 Å². The number of carbonyl (C=O) groups excluding carboxylic acids is 1. The van der Waals surface area contributed by atoms with E-state index in [1.807, 2.05) is 31.2 Å².